The Hall–Kier alpha value is -3.48. The van der Waals surface area contributed by atoms with Crippen LogP contribution in [0.1, 0.15) is 5.69 Å². The fourth-order valence-electron chi connectivity index (χ4n) is 3.15. The minimum Gasteiger partial charge on any atom is -0.493 e. The number of nitrogens with zero attached hydrogens (tertiary/aromatic N) is 2. The summed E-state index contributed by atoms with van der Waals surface area (Å²) in [6.45, 7) is 1.95. The molecule has 0 radical (unpaired) electrons. The second-order valence-corrected chi connectivity index (χ2v) is 5.98. The van der Waals surface area contributed by atoms with Gasteiger partial charge in [0.25, 0.3) is 0 Å². The van der Waals surface area contributed by atoms with E-state index in [-0.39, 0.29) is 0 Å². The molecule has 1 aromatic carbocycles. The zero-order valence-electron chi connectivity index (χ0n) is 15.5. The molecule has 0 aliphatic rings. The van der Waals surface area contributed by atoms with E-state index in [2.05, 4.69) is 15.2 Å². The number of aromatic nitrogens is 3. The van der Waals surface area contributed by atoms with Gasteiger partial charge in [-0.2, -0.15) is 5.10 Å². The summed E-state index contributed by atoms with van der Waals surface area (Å²) in [6, 6.07) is 7.52. The lowest BCUT2D eigenvalue weighted by molar-refractivity contribution is 0.324. The maximum Gasteiger partial charge on any atom is 0.203 e. The van der Waals surface area contributed by atoms with Gasteiger partial charge in [0.2, 0.25) is 5.75 Å². The van der Waals surface area contributed by atoms with Gasteiger partial charge in [-0.25, -0.2) is 0 Å². The zero-order valence-corrected chi connectivity index (χ0v) is 15.5. The second kappa shape index (κ2) is 6.68. The minimum absolute atomic E-state index is 0.535. The van der Waals surface area contributed by atoms with Crippen LogP contribution in [0.25, 0.3) is 33.6 Å². The van der Waals surface area contributed by atoms with Gasteiger partial charge in [-0.05, 0) is 25.1 Å². The first-order valence-corrected chi connectivity index (χ1v) is 8.36. The normalized spacial score (nSPS) is 11.0. The molecule has 3 aromatic heterocycles. The lowest BCUT2D eigenvalue weighted by atomic mass is 10.1. The number of aryl methyl sites for hydroxylation is 1. The third-order valence-corrected chi connectivity index (χ3v) is 4.48. The van der Waals surface area contributed by atoms with E-state index in [1.165, 1.54) is 0 Å². The van der Waals surface area contributed by atoms with Crippen LogP contribution in [0.3, 0.4) is 0 Å². The Balaban J connectivity index is 1.90. The van der Waals surface area contributed by atoms with Crippen LogP contribution in [0.15, 0.2) is 41.1 Å². The molecule has 0 aliphatic heterocycles. The molecule has 4 aromatic rings. The predicted molar refractivity (Wildman–Crippen MR) is 101 cm³/mol. The molecule has 4 rings (SSSR count). The number of aromatic amines is 1. The molecular formula is C20H19N3O4. The van der Waals surface area contributed by atoms with Gasteiger partial charge in [-0.3, -0.25) is 10.1 Å². The number of pyridine rings is 1. The second-order valence-electron chi connectivity index (χ2n) is 5.98. The van der Waals surface area contributed by atoms with Crippen LogP contribution >= 0.6 is 0 Å². The molecule has 1 N–H and O–H groups in total. The van der Waals surface area contributed by atoms with Gasteiger partial charge in [0.1, 0.15) is 11.3 Å². The van der Waals surface area contributed by atoms with Crippen LogP contribution in [0.2, 0.25) is 0 Å². The van der Waals surface area contributed by atoms with Crippen LogP contribution in [0.4, 0.5) is 0 Å². The lowest BCUT2D eigenvalue weighted by Gasteiger charge is -2.13. The summed E-state index contributed by atoms with van der Waals surface area (Å²) < 4.78 is 22.4. The topological polar surface area (TPSA) is 82.4 Å². The van der Waals surface area contributed by atoms with Crippen LogP contribution in [-0.4, -0.2) is 36.5 Å². The SMILES string of the molecule is COc1cc(-c2cc3nccc(-c4c[nH]nc4C)c3o2)cc(OC)c1OC. The number of furan rings is 1. The monoisotopic (exact) mass is 365 g/mol. The fraction of sp³-hybridized carbons (Fsp3) is 0.200. The highest BCUT2D eigenvalue weighted by atomic mass is 16.5. The Kier molecular flexibility index (Phi) is 4.19. The summed E-state index contributed by atoms with van der Waals surface area (Å²) in [5.74, 6) is 2.32. The molecule has 0 saturated heterocycles. The third-order valence-electron chi connectivity index (χ3n) is 4.48. The van der Waals surface area contributed by atoms with Gasteiger partial charge < -0.3 is 18.6 Å². The number of ether oxygens (including phenoxy) is 3. The average Bonchev–Trinajstić information content (AvgIpc) is 3.32. The quantitative estimate of drug-likeness (QED) is 0.570. The maximum atomic E-state index is 6.18. The van der Waals surface area contributed by atoms with E-state index in [4.69, 9.17) is 18.6 Å². The van der Waals surface area contributed by atoms with Crippen molar-refractivity contribution in [3.63, 3.8) is 0 Å². The van der Waals surface area contributed by atoms with E-state index >= 15 is 0 Å². The highest BCUT2D eigenvalue weighted by molar-refractivity contribution is 5.93. The summed E-state index contributed by atoms with van der Waals surface area (Å²) in [5.41, 5.74) is 5.08. The molecule has 138 valence electrons. The van der Waals surface area contributed by atoms with E-state index in [1.807, 2.05) is 37.4 Å². The predicted octanol–water partition coefficient (Wildman–Crippen LogP) is 4.22. The van der Waals surface area contributed by atoms with Gasteiger partial charge in [0.05, 0.1) is 27.0 Å². The highest BCUT2D eigenvalue weighted by Gasteiger charge is 2.18. The average molecular weight is 365 g/mol. The van der Waals surface area contributed by atoms with Crippen molar-refractivity contribution in [2.75, 3.05) is 21.3 Å². The minimum atomic E-state index is 0.535. The molecular weight excluding hydrogens is 346 g/mol. The van der Waals surface area contributed by atoms with Gasteiger partial charge in [0, 0.05) is 35.2 Å². The van der Waals surface area contributed by atoms with E-state index in [1.54, 1.807) is 27.5 Å². The van der Waals surface area contributed by atoms with Crippen molar-refractivity contribution in [1.82, 2.24) is 15.2 Å². The van der Waals surface area contributed by atoms with Crippen LogP contribution in [0.5, 0.6) is 17.2 Å². The number of fused-ring (bicyclic) bond motifs is 1. The third kappa shape index (κ3) is 2.77. The summed E-state index contributed by atoms with van der Waals surface area (Å²) in [6.07, 6.45) is 3.62. The van der Waals surface area contributed by atoms with Crippen molar-refractivity contribution >= 4 is 11.1 Å². The summed E-state index contributed by atoms with van der Waals surface area (Å²) in [4.78, 5) is 4.43. The van der Waals surface area contributed by atoms with E-state index in [0.717, 1.165) is 27.9 Å². The van der Waals surface area contributed by atoms with E-state index in [9.17, 15) is 0 Å². The number of rotatable bonds is 5. The number of H-pyrrole nitrogens is 1. The Bertz CT molecular complexity index is 1090. The Morgan fingerprint density at radius 3 is 2.30 bits per heavy atom. The van der Waals surface area contributed by atoms with E-state index in [0.29, 0.717) is 28.6 Å². The summed E-state index contributed by atoms with van der Waals surface area (Å²) in [7, 11) is 4.74. The van der Waals surface area contributed by atoms with Crippen molar-refractivity contribution in [2.24, 2.45) is 0 Å². The van der Waals surface area contributed by atoms with Crippen molar-refractivity contribution < 1.29 is 18.6 Å². The van der Waals surface area contributed by atoms with Gasteiger partial charge in [-0.1, -0.05) is 0 Å². The fourth-order valence-corrected chi connectivity index (χ4v) is 3.15. The molecule has 0 bridgehead atoms. The molecule has 0 unspecified atom stereocenters. The zero-order chi connectivity index (χ0) is 19.0. The van der Waals surface area contributed by atoms with Gasteiger partial charge >= 0.3 is 0 Å². The van der Waals surface area contributed by atoms with E-state index < -0.39 is 0 Å². The molecule has 0 atom stereocenters. The molecule has 0 saturated carbocycles. The number of nitrogens with one attached hydrogen (secondary N) is 1. The summed E-state index contributed by atoms with van der Waals surface area (Å²) >= 11 is 0. The van der Waals surface area contributed by atoms with Gasteiger partial charge in [-0.15, -0.1) is 0 Å². The molecule has 0 fully saturated rings. The molecule has 7 heteroatoms. The lowest BCUT2D eigenvalue weighted by Crippen LogP contribution is -1.95. The molecule has 0 amide bonds. The molecule has 0 spiro atoms. The molecule has 0 aliphatic carbocycles. The number of hydrogen-bond donors (Lipinski definition) is 1. The van der Waals surface area contributed by atoms with Crippen molar-refractivity contribution in [2.45, 2.75) is 6.92 Å². The van der Waals surface area contributed by atoms with Crippen LogP contribution < -0.4 is 14.2 Å². The first-order valence-electron chi connectivity index (χ1n) is 8.36. The number of benzene rings is 1. The van der Waals surface area contributed by atoms with Crippen LogP contribution in [0, 0.1) is 6.92 Å². The number of methoxy groups -OCH3 is 3. The Labute approximate surface area is 155 Å². The van der Waals surface area contributed by atoms with Crippen LogP contribution in [-0.2, 0) is 0 Å². The van der Waals surface area contributed by atoms with Gasteiger partial charge in [0.15, 0.2) is 17.1 Å². The first-order chi connectivity index (χ1) is 13.2. The standard InChI is InChI=1S/C20H19N3O4/c1-11-14(10-22-23-11)13-5-6-21-15-9-16(27-19(13)15)12-7-17(24-2)20(26-4)18(8-12)25-3/h5-10H,1-4H3,(H,22,23). The largest absolute Gasteiger partial charge is 0.493 e. The molecule has 7 nitrogen and oxygen atoms in total. The Morgan fingerprint density at radius 1 is 0.963 bits per heavy atom. The first kappa shape index (κ1) is 17.0. The molecule has 27 heavy (non-hydrogen) atoms. The maximum absolute atomic E-state index is 6.18. The number of hydrogen-bond acceptors (Lipinski definition) is 6. The van der Waals surface area contributed by atoms with Crippen molar-refractivity contribution in [3.05, 3.63) is 42.4 Å². The molecule has 3 heterocycles. The Morgan fingerprint density at radius 2 is 1.70 bits per heavy atom. The van der Waals surface area contributed by atoms with Crippen molar-refractivity contribution in [3.8, 4) is 39.7 Å². The summed E-state index contributed by atoms with van der Waals surface area (Å²) in [5, 5.41) is 7.08. The highest BCUT2D eigenvalue weighted by Crippen LogP contribution is 2.42. The van der Waals surface area contributed by atoms with Crippen molar-refractivity contribution in [1.29, 1.82) is 0 Å². The smallest absolute Gasteiger partial charge is 0.203 e.